The molecule has 1 N–H and O–H groups in total. The Morgan fingerprint density at radius 3 is 1.18 bits per heavy atom. The standard InChI is InChI=1S/C23H49O9P.Na/c1-2-3-4-5-6-7-8-9-10-11-12-13-27-14-15-28-16-17-29-18-19-30-20-21-31-22-23-32-33(24,25)26;/h2-23H2,1H3,(H2,24,25,26);/q;+1/p-1. The SMILES string of the molecule is CCCCCCCCCCCCCOCCOCCOCCOCCOCCOP(=O)([O-])O.[Na+]. The summed E-state index contributed by atoms with van der Waals surface area (Å²) in [4.78, 5) is 18.7. The summed E-state index contributed by atoms with van der Waals surface area (Å²) in [7, 11) is -4.66. The van der Waals surface area contributed by atoms with Crippen molar-refractivity contribution >= 4 is 7.82 Å². The van der Waals surface area contributed by atoms with E-state index in [-0.39, 0.29) is 42.8 Å². The zero-order valence-electron chi connectivity index (χ0n) is 21.7. The van der Waals surface area contributed by atoms with E-state index in [1.807, 2.05) is 0 Å². The molecule has 0 radical (unpaired) electrons. The molecular formula is C23H48NaO9P. The van der Waals surface area contributed by atoms with Gasteiger partial charge in [0.15, 0.2) is 0 Å². The average molecular weight is 523 g/mol. The van der Waals surface area contributed by atoms with Crippen LogP contribution >= 0.6 is 7.82 Å². The number of hydrogen-bond acceptors (Lipinski definition) is 8. The van der Waals surface area contributed by atoms with Gasteiger partial charge in [0.1, 0.15) is 0 Å². The van der Waals surface area contributed by atoms with Crippen LogP contribution in [0.2, 0.25) is 0 Å². The summed E-state index contributed by atoms with van der Waals surface area (Å²) in [6, 6.07) is 0. The van der Waals surface area contributed by atoms with E-state index < -0.39 is 7.82 Å². The monoisotopic (exact) mass is 522 g/mol. The number of ether oxygens (including phenoxy) is 5. The van der Waals surface area contributed by atoms with E-state index in [9.17, 15) is 9.46 Å². The second-order valence-corrected chi connectivity index (χ2v) is 9.09. The zero-order valence-corrected chi connectivity index (χ0v) is 24.6. The summed E-state index contributed by atoms with van der Waals surface area (Å²) < 4.78 is 41.3. The van der Waals surface area contributed by atoms with E-state index in [2.05, 4.69) is 11.4 Å². The maximum Gasteiger partial charge on any atom is 1.00 e. The Hall–Kier alpha value is 0.910. The van der Waals surface area contributed by atoms with Crippen LogP contribution in [0.3, 0.4) is 0 Å². The van der Waals surface area contributed by atoms with Gasteiger partial charge < -0.3 is 38.0 Å². The first-order chi connectivity index (χ1) is 16.1. The number of hydrogen-bond donors (Lipinski definition) is 1. The summed E-state index contributed by atoms with van der Waals surface area (Å²) >= 11 is 0. The third kappa shape index (κ3) is 35.1. The fourth-order valence-electron chi connectivity index (χ4n) is 3.06. The fourth-order valence-corrected chi connectivity index (χ4v) is 3.37. The molecule has 200 valence electrons. The van der Waals surface area contributed by atoms with E-state index in [4.69, 9.17) is 28.6 Å². The number of phosphoric ester groups is 1. The van der Waals surface area contributed by atoms with Crippen molar-refractivity contribution in [3.8, 4) is 0 Å². The Labute approximate surface area is 229 Å². The van der Waals surface area contributed by atoms with Gasteiger partial charge in [-0.1, -0.05) is 71.1 Å². The van der Waals surface area contributed by atoms with Gasteiger partial charge in [-0.15, -0.1) is 0 Å². The molecule has 0 aliphatic rings. The van der Waals surface area contributed by atoms with Crippen LogP contribution in [0.25, 0.3) is 0 Å². The first-order valence-corrected chi connectivity index (χ1v) is 14.1. The largest absolute Gasteiger partial charge is 1.00 e. The van der Waals surface area contributed by atoms with Crippen LogP contribution in [0.1, 0.15) is 77.6 Å². The van der Waals surface area contributed by atoms with Crippen molar-refractivity contribution in [2.24, 2.45) is 0 Å². The van der Waals surface area contributed by atoms with E-state index in [0.29, 0.717) is 52.9 Å². The minimum Gasteiger partial charge on any atom is -0.756 e. The second kappa shape index (κ2) is 30.1. The average Bonchev–Trinajstić information content (AvgIpc) is 2.78. The molecule has 0 saturated heterocycles. The van der Waals surface area contributed by atoms with Crippen molar-refractivity contribution in [2.45, 2.75) is 77.6 Å². The maximum absolute atomic E-state index is 10.3. The molecule has 0 saturated carbocycles. The van der Waals surface area contributed by atoms with Gasteiger partial charge in [-0.25, -0.2) is 0 Å². The topological polar surface area (TPSA) is 116 Å². The van der Waals surface area contributed by atoms with E-state index in [1.54, 1.807) is 0 Å². The van der Waals surface area contributed by atoms with Crippen LogP contribution in [0.15, 0.2) is 0 Å². The van der Waals surface area contributed by atoms with Crippen LogP contribution in [-0.4, -0.2) is 77.6 Å². The molecule has 0 spiro atoms. The molecule has 0 heterocycles. The maximum atomic E-state index is 10.3. The van der Waals surface area contributed by atoms with Crippen molar-refractivity contribution in [3.05, 3.63) is 0 Å². The summed E-state index contributed by atoms with van der Waals surface area (Å²) in [6.45, 7) is 6.73. The first-order valence-electron chi connectivity index (χ1n) is 12.6. The molecule has 1 unspecified atom stereocenters. The van der Waals surface area contributed by atoms with Crippen molar-refractivity contribution < 1.29 is 72.1 Å². The predicted molar refractivity (Wildman–Crippen MR) is 126 cm³/mol. The summed E-state index contributed by atoms with van der Waals surface area (Å²) in [6.07, 6.45) is 14.7. The Kier molecular flexibility index (Phi) is 32.9. The van der Waals surface area contributed by atoms with Crippen LogP contribution in [0, 0.1) is 0 Å². The van der Waals surface area contributed by atoms with Crippen LogP contribution < -0.4 is 34.5 Å². The Bertz CT molecular complexity index is 427. The number of phosphoric acid groups is 1. The molecular weight excluding hydrogens is 474 g/mol. The first kappa shape index (κ1) is 37.1. The van der Waals surface area contributed by atoms with Crippen molar-refractivity contribution in [2.75, 3.05) is 72.7 Å². The molecule has 9 nitrogen and oxygen atoms in total. The molecule has 0 aromatic carbocycles. The molecule has 0 aliphatic carbocycles. The molecule has 34 heavy (non-hydrogen) atoms. The molecule has 0 aliphatic heterocycles. The van der Waals surface area contributed by atoms with Gasteiger partial charge in [0, 0.05) is 6.61 Å². The minimum atomic E-state index is -4.66. The fraction of sp³-hybridized carbons (Fsp3) is 1.00. The van der Waals surface area contributed by atoms with Gasteiger partial charge in [0.25, 0.3) is 7.82 Å². The predicted octanol–water partition coefficient (Wildman–Crippen LogP) is 0.862. The van der Waals surface area contributed by atoms with Crippen molar-refractivity contribution in [3.63, 3.8) is 0 Å². The molecule has 0 amide bonds. The van der Waals surface area contributed by atoms with Crippen LogP contribution in [0.5, 0.6) is 0 Å². The molecule has 0 aromatic rings. The van der Waals surface area contributed by atoms with Crippen LogP contribution in [0.4, 0.5) is 0 Å². The molecule has 0 rings (SSSR count). The van der Waals surface area contributed by atoms with Crippen molar-refractivity contribution in [1.29, 1.82) is 0 Å². The van der Waals surface area contributed by atoms with Crippen LogP contribution in [-0.2, 0) is 32.8 Å². The van der Waals surface area contributed by atoms with Gasteiger partial charge >= 0.3 is 29.6 Å². The Morgan fingerprint density at radius 1 is 0.529 bits per heavy atom. The normalized spacial score (nSPS) is 13.0. The van der Waals surface area contributed by atoms with Gasteiger partial charge in [0.2, 0.25) is 0 Å². The summed E-state index contributed by atoms with van der Waals surface area (Å²) in [5.74, 6) is 0. The smallest absolute Gasteiger partial charge is 0.756 e. The quantitative estimate of drug-likeness (QED) is 0.0908. The second-order valence-electron chi connectivity index (χ2n) is 7.90. The molecule has 0 aromatic heterocycles. The minimum absolute atomic E-state index is 0. The Morgan fingerprint density at radius 2 is 0.824 bits per heavy atom. The summed E-state index contributed by atoms with van der Waals surface area (Å²) in [5, 5.41) is 0. The molecule has 11 heteroatoms. The van der Waals surface area contributed by atoms with Gasteiger partial charge in [-0.05, 0) is 6.42 Å². The molecule has 0 bridgehead atoms. The zero-order chi connectivity index (χ0) is 24.3. The number of rotatable bonds is 28. The molecule has 1 atom stereocenters. The van der Waals surface area contributed by atoms with Gasteiger partial charge in [-0.3, -0.25) is 4.57 Å². The molecule has 0 fully saturated rings. The van der Waals surface area contributed by atoms with Gasteiger partial charge in [0.05, 0.1) is 66.1 Å². The van der Waals surface area contributed by atoms with Gasteiger partial charge in [-0.2, -0.15) is 0 Å². The summed E-state index contributed by atoms with van der Waals surface area (Å²) in [5.41, 5.74) is 0. The number of unbranched alkanes of at least 4 members (excludes halogenated alkanes) is 10. The van der Waals surface area contributed by atoms with E-state index >= 15 is 0 Å². The van der Waals surface area contributed by atoms with E-state index in [0.717, 1.165) is 13.0 Å². The van der Waals surface area contributed by atoms with E-state index in [1.165, 1.54) is 64.2 Å². The third-order valence-electron chi connectivity index (χ3n) is 4.86. The third-order valence-corrected chi connectivity index (χ3v) is 5.37. The Balaban J connectivity index is 0. The van der Waals surface area contributed by atoms with Crippen molar-refractivity contribution in [1.82, 2.24) is 0 Å².